The zero-order chi connectivity index (χ0) is 24.5. The number of Topliss-reactive ketones (excluding diaryl/α,β-unsaturated/α-hetero) is 1. The summed E-state index contributed by atoms with van der Waals surface area (Å²) in [6.07, 6.45) is 0.547. The van der Waals surface area contributed by atoms with Crippen LogP contribution in [0, 0.1) is 23.5 Å². The molecule has 3 rings (SSSR count). The number of benzene rings is 2. The van der Waals surface area contributed by atoms with Gasteiger partial charge in [0.2, 0.25) is 0 Å². The molecular weight excluding hydrogens is 456 g/mol. The standard InChI is InChI=1S/C27H29F2NO3S/c1-3-18(4-2)24(15-30-16-25(31)21-11-12-34-17-21)27(32)33-26(19-7-5-9-22(28)13-19)20-8-6-10-23(29)14-20/h5-14,17-18,24,26,30H,3-4,15-16H2,1-2H3. The van der Waals surface area contributed by atoms with Crippen LogP contribution < -0.4 is 5.32 Å². The SMILES string of the molecule is CCC(CC)C(CNCC(=O)c1ccsc1)C(=O)OC(c1cccc(F)c1)c1cccc(F)c1. The predicted octanol–water partition coefficient (Wildman–Crippen LogP) is 6.18. The minimum absolute atomic E-state index is 0.0249. The Kier molecular flexibility index (Phi) is 9.48. The summed E-state index contributed by atoms with van der Waals surface area (Å²) >= 11 is 1.45. The minimum atomic E-state index is -0.955. The Morgan fingerprint density at radius 2 is 1.59 bits per heavy atom. The molecule has 0 spiro atoms. The molecule has 1 heterocycles. The number of ether oxygens (including phenoxy) is 1. The number of esters is 1. The first-order chi connectivity index (χ1) is 16.4. The third kappa shape index (κ3) is 6.81. The molecule has 0 saturated heterocycles. The summed E-state index contributed by atoms with van der Waals surface area (Å²) in [6, 6.07) is 13.3. The van der Waals surface area contributed by atoms with Crippen LogP contribution in [0.15, 0.2) is 65.4 Å². The molecule has 0 aliphatic rings. The molecule has 0 aliphatic heterocycles. The molecule has 0 fully saturated rings. The van der Waals surface area contributed by atoms with Crippen molar-refractivity contribution in [1.29, 1.82) is 0 Å². The van der Waals surface area contributed by atoms with Gasteiger partial charge in [-0.3, -0.25) is 9.59 Å². The van der Waals surface area contributed by atoms with Gasteiger partial charge in [0.1, 0.15) is 11.6 Å². The van der Waals surface area contributed by atoms with Crippen molar-refractivity contribution in [2.75, 3.05) is 13.1 Å². The smallest absolute Gasteiger partial charge is 0.311 e. The van der Waals surface area contributed by atoms with Crippen molar-refractivity contribution in [3.8, 4) is 0 Å². The van der Waals surface area contributed by atoms with Gasteiger partial charge in [0.25, 0.3) is 0 Å². The fourth-order valence-electron chi connectivity index (χ4n) is 4.04. The van der Waals surface area contributed by atoms with E-state index in [4.69, 9.17) is 4.74 Å². The maximum Gasteiger partial charge on any atom is 0.311 e. The highest BCUT2D eigenvalue weighted by Gasteiger charge is 2.31. The number of rotatable bonds is 12. The van der Waals surface area contributed by atoms with Crippen molar-refractivity contribution >= 4 is 23.1 Å². The van der Waals surface area contributed by atoms with E-state index >= 15 is 0 Å². The molecule has 0 saturated carbocycles. The van der Waals surface area contributed by atoms with Crippen LogP contribution in [0.5, 0.6) is 0 Å². The van der Waals surface area contributed by atoms with Crippen LogP contribution in [0.2, 0.25) is 0 Å². The van der Waals surface area contributed by atoms with E-state index in [2.05, 4.69) is 5.32 Å². The Morgan fingerprint density at radius 1 is 0.971 bits per heavy atom. The summed E-state index contributed by atoms with van der Waals surface area (Å²) in [7, 11) is 0. The number of hydrogen-bond acceptors (Lipinski definition) is 5. The van der Waals surface area contributed by atoms with Crippen molar-refractivity contribution in [3.63, 3.8) is 0 Å². The first-order valence-electron chi connectivity index (χ1n) is 11.4. The maximum absolute atomic E-state index is 14.0. The molecule has 0 amide bonds. The van der Waals surface area contributed by atoms with Crippen molar-refractivity contribution in [2.45, 2.75) is 32.8 Å². The van der Waals surface area contributed by atoms with Crippen molar-refractivity contribution in [3.05, 3.63) is 93.7 Å². The molecule has 3 aromatic rings. The molecule has 0 radical (unpaired) electrons. The van der Waals surface area contributed by atoms with Gasteiger partial charge in [-0.05, 0) is 52.8 Å². The van der Waals surface area contributed by atoms with Crippen LogP contribution >= 0.6 is 11.3 Å². The highest BCUT2D eigenvalue weighted by Crippen LogP contribution is 2.30. The average molecular weight is 486 g/mol. The van der Waals surface area contributed by atoms with E-state index in [-0.39, 0.29) is 24.8 Å². The lowest BCUT2D eigenvalue weighted by atomic mass is 9.87. The summed E-state index contributed by atoms with van der Waals surface area (Å²) in [5.41, 5.74) is 1.47. The molecule has 1 N–H and O–H groups in total. The fraction of sp³-hybridized carbons (Fsp3) is 0.333. The van der Waals surface area contributed by atoms with Crippen molar-refractivity contribution in [2.24, 2.45) is 11.8 Å². The minimum Gasteiger partial charge on any atom is -0.452 e. The highest BCUT2D eigenvalue weighted by molar-refractivity contribution is 7.08. The van der Waals surface area contributed by atoms with Crippen molar-refractivity contribution < 1.29 is 23.1 Å². The Hall–Kier alpha value is -2.90. The Labute approximate surface area is 203 Å². The topological polar surface area (TPSA) is 55.4 Å². The molecule has 2 aromatic carbocycles. The van der Waals surface area contributed by atoms with E-state index in [1.54, 1.807) is 23.6 Å². The molecule has 1 atom stereocenters. The summed E-state index contributed by atoms with van der Waals surface area (Å²) in [5, 5.41) is 6.74. The van der Waals surface area contributed by atoms with E-state index in [9.17, 15) is 18.4 Å². The van der Waals surface area contributed by atoms with Gasteiger partial charge < -0.3 is 10.1 Å². The normalized spacial score (nSPS) is 12.2. The van der Waals surface area contributed by atoms with Gasteiger partial charge >= 0.3 is 5.97 Å². The lowest BCUT2D eigenvalue weighted by Gasteiger charge is -2.27. The summed E-state index contributed by atoms with van der Waals surface area (Å²) in [4.78, 5) is 25.7. The number of carbonyl (C=O) groups excluding carboxylic acids is 2. The quantitative estimate of drug-likeness (QED) is 0.246. The molecule has 4 nitrogen and oxygen atoms in total. The first-order valence-corrected chi connectivity index (χ1v) is 12.3. The number of thiophene rings is 1. The van der Waals surface area contributed by atoms with E-state index in [1.807, 2.05) is 19.2 Å². The van der Waals surface area contributed by atoms with Crippen LogP contribution in [0.4, 0.5) is 8.78 Å². The largest absolute Gasteiger partial charge is 0.452 e. The number of nitrogens with one attached hydrogen (secondary N) is 1. The van der Waals surface area contributed by atoms with Gasteiger partial charge in [0.15, 0.2) is 11.9 Å². The number of ketones is 1. The van der Waals surface area contributed by atoms with Crippen LogP contribution in [0.1, 0.15) is 54.3 Å². The summed E-state index contributed by atoms with van der Waals surface area (Å²) < 4.78 is 33.8. The number of carbonyl (C=O) groups is 2. The molecule has 180 valence electrons. The Bertz CT molecular complexity index is 1040. The van der Waals surface area contributed by atoms with Gasteiger partial charge in [-0.2, -0.15) is 11.3 Å². The monoisotopic (exact) mass is 485 g/mol. The van der Waals surface area contributed by atoms with E-state index in [0.717, 1.165) is 12.8 Å². The predicted molar refractivity (Wildman–Crippen MR) is 130 cm³/mol. The van der Waals surface area contributed by atoms with E-state index in [1.165, 1.54) is 47.7 Å². The molecule has 0 aliphatic carbocycles. The second-order valence-electron chi connectivity index (χ2n) is 8.18. The van der Waals surface area contributed by atoms with Gasteiger partial charge in [-0.25, -0.2) is 8.78 Å². The first kappa shape index (κ1) is 25.7. The molecular formula is C27H29F2NO3S. The van der Waals surface area contributed by atoms with Crippen LogP contribution in [0.25, 0.3) is 0 Å². The molecule has 34 heavy (non-hydrogen) atoms. The fourth-order valence-corrected chi connectivity index (χ4v) is 4.70. The zero-order valence-electron chi connectivity index (χ0n) is 19.3. The van der Waals surface area contributed by atoms with E-state index < -0.39 is 29.6 Å². The van der Waals surface area contributed by atoms with Gasteiger partial charge in [-0.1, -0.05) is 51.0 Å². The van der Waals surface area contributed by atoms with Gasteiger partial charge in [-0.15, -0.1) is 0 Å². The number of halogens is 2. The zero-order valence-corrected chi connectivity index (χ0v) is 20.1. The molecule has 0 bridgehead atoms. The Balaban J connectivity index is 1.80. The van der Waals surface area contributed by atoms with Crippen LogP contribution in [-0.2, 0) is 9.53 Å². The summed E-state index contributed by atoms with van der Waals surface area (Å²) in [5.74, 6) is -1.95. The number of hydrogen-bond donors (Lipinski definition) is 1. The van der Waals surface area contributed by atoms with Gasteiger partial charge in [0.05, 0.1) is 12.5 Å². The lowest BCUT2D eigenvalue weighted by molar-refractivity contribution is -0.154. The van der Waals surface area contributed by atoms with Crippen molar-refractivity contribution in [1.82, 2.24) is 5.32 Å². The second-order valence-corrected chi connectivity index (χ2v) is 8.96. The van der Waals surface area contributed by atoms with Crippen LogP contribution in [-0.4, -0.2) is 24.8 Å². The van der Waals surface area contributed by atoms with Gasteiger partial charge in [0, 0.05) is 17.5 Å². The lowest BCUT2D eigenvalue weighted by Crippen LogP contribution is -2.37. The van der Waals surface area contributed by atoms with E-state index in [0.29, 0.717) is 16.7 Å². The molecule has 7 heteroatoms. The Morgan fingerprint density at radius 3 is 2.09 bits per heavy atom. The second kappa shape index (κ2) is 12.5. The third-order valence-corrected chi connectivity index (χ3v) is 6.63. The average Bonchev–Trinajstić information content (AvgIpc) is 3.37. The third-order valence-electron chi connectivity index (χ3n) is 5.95. The molecule has 1 aromatic heterocycles. The summed E-state index contributed by atoms with van der Waals surface area (Å²) in [6.45, 7) is 4.38. The van der Waals surface area contributed by atoms with Crippen LogP contribution in [0.3, 0.4) is 0 Å². The molecule has 1 unspecified atom stereocenters. The maximum atomic E-state index is 14.0. The highest BCUT2D eigenvalue weighted by atomic mass is 32.1.